The van der Waals surface area contributed by atoms with Gasteiger partial charge < -0.3 is 25.1 Å². The van der Waals surface area contributed by atoms with Crippen molar-refractivity contribution in [3.05, 3.63) is 41.3 Å². The van der Waals surface area contributed by atoms with E-state index in [1.807, 2.05) is 26.0 Å². The van der Waals surface area contributed by atoms with Crippen molar-refractivity contribution in [2.24, 2.45) is 5.92 Å². The first-order chi connectivity index (χ1) is 17.9. The molecule has 2 fully saturated rings. The maximum Gasteiger partial charge on any atom is 0.255 e. The highest BCUT2D eigenvalue weighted by Crippen LogP contribution is 2.37. The molecule has 2 amide bonds. The lowest BCUT2D eigenvalue weighted by Crippen LogP contribution is -2.44. The van der Waals surface area contributed by atoms with E-state index in [4.69, 9.17) is 9.47 Å². The third kappa shape index (κ3) is 5.77. The van der Waals surface area contributed by atoms with Gasteiger partial charge in [0.05, 0.1) is 17.7 Å². The zero-order valence-electron chi connectivity index (χ0n) is 21.7. The number of hydrogen-bond donors (Lipinski definition) is 3. The summed E-state index contributed by atoms with van der Waals surface area (Å²) >= 11 is 0. The van der Waals surface area contributed by atoms with E-state index < -0.39 is 0 Å². The average molecular weight is 506 g/mol. The third-order valence-electron chi connectivity index (χ3n) is 7.26. The van der Waals surface area contributed by atoms with E-state index in [9.17, 15) is 9.59 Å². The number of H-pyrrole nitrogens is 1. The summed E-state index contributed by atoms with van der Waals surface area (Å²) in [6, 6.07) is 6.28. The van der Waals surface area contributed by atoms with E-state index in [0.29, 0.717) is 23.6 Å². The van der Waals surface area contributed by atoms with Crippen LogP contribution in [-0.2, 0) is 9.53 Å². The maximum atomic E-state index is 13.4. The topological polar surface area (TPSA) is 118 Å². The first-order valence-corrected chi connectivity index (χ1v) is 13.1. The normalized spacial score (nSPS) is 19.5. The van der Waals surface area contributed by atoms with Crippen LogP contribution in [0.5, 0.6) is 5.75 Å². The van der Waals surface area contributed by atoms with Gasteiger partial charge in [0.25, 0.3) is 5.91 Å². The molecule has 2 saturated carbocycles. The molecule has 9 heteroatoms. The summed E-state index contributed by atoms with van der Waals surface area (Å²) in [4.78, 5) is 37.7. The van der Waals surface area contributed by atoms with Gasteiger partial charge in [-0.15, -0.1) is 0 Å². The molecular formula is C28H35N5O4. The van der Waals surface area contributed by atoms with Gasteiger partial charge in [0.15, 0.2) is 0 Å². The number of aromatic amines is 1. The van der Waals surface area contributed by atoms with E-state index in [0.717, 1.165) is 59.5 Å². The third-order valence-corrected chi connectivity index (χ3v) is 7.26. The van der Waals surface area contributed by atoms with Crippen LogP contribution >= 0.6 is 0 Å². The van der Waals surface area contributed by atoms with Crippen molar-refractivity contribution >= 4 is 22.8 Å². The zero-order valence-corrected chi connectivity index (χ0v) is 21.7. The highest BCUT2D eigenvalue weighted by atomic mass is 16.5. The van der Waals surface area contributed by atoms with Crippen molar-refractivity contribution in [3.8, 4) is 17.0 Å². The standard InChI is InChI=1S/C28H35N5O4/c1-16-4-11-22(37-13-18-5-6-18)21(12-16)25-27-26(30-15-29-25)24(17(2)31-27)28(35)33-20-9-7-19(8-10-20)32-23(34)14-36-3/h4,11-12,15,18-20,31H,5-10,13-14H2,1-3H3,(H,32,34)(H,33,35)/t19-,20+. The summed E-state index contributed by atoms with van der Waals surface area (Å²) in [5, 5.41) is 6.19. The van der Waals surface area contributed by atoms with Gasteiger partial charge in [-0.2, -0.15) is 0 Å². The quantitative estimate of drug-likeness (QED) is 0.407. The molecule has 2 heterocycles. The maximum absolute atomic E-state index is 13.4. The van der Waals surface area contributed by atoms with Crippen LogP contribution in [0.15, 0.2) is 24.5 Å². The fraction of sp³-hybridized carbons (Fsp3) is 0.500. The molecule has 0 radical (unpaired) electrons. The van der Waals surface area contributed by atoms with E-state index in [-0.39, 0.29) is 30.5 Å². The number of ether oxygens (including phenoxy) is 2. The number of nitrogens with one attached hydrogen (secondary N) is 3. The number of aromatic nitrogens is 3. The molecule has 0 saturated heterocycles. The summed E-state index contributed by atoms with van der Waals surface area (Å²) in [6.45, 7) is 4.71. The predicted octanol–water partition coefficient (Wildman–Crippen LogP) is 3.83. The van der Waals surface area contributed by atoms with Crippen molar-refractivity contribution in [2.45, 2.75) is 64.5 Å². The highest BCUT2D eigenvalue weighted by molar-refractivity contribution is 6.09. The Hall–Kier alpha value is -3.46. The van der Waals surface area contributed by atoms with Crippen molar-refractivity contribution in [2.75, 3.05) is 20.3 Å². The second-order valence-electron chi connectivity index (χ2n) is 10.3. The molecule has 0 atom stereocenters. The monoisotopic (exact) mass is 505 g/mol. The summed E-state index contributed by atoms with van der Waals surface area (Å²) in [6.07, 6.45) is 7.19. The second kappa shape index (κ2) is 10.9. The molecule has 0 unspecified atom stereocenters. The van der Waals surface area contributed by atoms with Gasteiger partial charge in [0, 0.05) is 30.5 Å². The first-order valence-electron chi connectivity index (χ1n) is 13.1. The molecule has 0 bridgehead atoms. The molecule has 1 aromatic carbocycles. The Bertz CT molecular complexity index is 1290. The van der Waals surface area contributed by atoms with Crippen LogP contribution in [0.1, 0.15) is 60.1 Å². The molecule has 3 N–H and O–H groups in total. The lowest BCUT2D eigenvalue weighted by atomic mass is 9.91. The number of methoxy groups -OCH3 is 1. The van der Waals surface area contributed by atoms with Gasteiger partial charge >= 0.3 is 0 Å². The number of rotatable bonds is 9. The smallest absolute Gasteiger partial charge is 0.255 e. The number of nitrogens with zero attached hydrogens (tertiary/aromatic N) is 2. The van der Waals surface area contributed by atoms with E-state index in [2.05, 4.69) is 31.7 Å². The SMILES string of the molecule is COCC(=O)N[C@H]1CC[C@@H](NC(=O)c2c(C)[nH]c3c(-c4cc(C)ccc4OCC4CC4)ncnc23)CC1. The van der Waals surface area contributed by atoms with Gasteiger partial charge in [0.2, 0.25) is 5.91 Å². The lowest BCUT2D eigenvalue weighted by Gasteiger charge is -2.29. The molecule has 2 aliphatic rings. The van der Waals surface area contributed by atoms with Gasteiger partial charge in [-0.25, -0.2) is 9.97 Å². The van der Waals surface area contributed by atoms with Crippen LogP contribution < -0.4 is 15.4 Å². The molecule has 196 valence electrons. The average Bonchev–Trinajstić information content (AvgIpc) is 3.64. The van der Waals surface area contributed by atoms with Crippen LogP contribution in [0.2, 0.25) is 0 Å². The largest absolute Gasteiger partial charge is 0.493 e. The summed E-state index contributed by atoms with van der Waals surface area (Å²) in [5.74, 6) is 1.19. The minimum atomic E-state index is -0.144. The van der Waals surface area contributed by atoms with Gasteiger partial charge in [-0.05, 0) is 70.4 Å². The minimum absolute atomic E-state index is 0.0490. The lowest BCUT2D eigenvalue weighted by molar-refractivity contribution is -0.125. The molecular weight excluding hydrogens is 470 g/mol. The number of aryl methyl sites for hydroxylation is 2. The molecule has 2 aromatic heterocycles. The molecule has 3 aromatic rings. The van der Waals surface area contributed by atoms with Crippen LogP contribution in [0.25, 0.3) is 22.3 Å². The number of amides is 2. The van der Waals surface area contributed by atoms with Gasteiger partial charge in [-0.1, -0.05) is 11.6 Å². The van der Waals surface area contributed by atoms with E-state index in [1.54, 1.807) is 0 Å². The molecule has 0 spiro atoms. The Balaban J connectivity index is 1.34. The molecule has 5 rings (SSSR count). The van der Waals surface area contributed by atoms with Crippen LogP contribution in [-0.4, -0.2) is 59.2 Å². The number of fused-ring (bicyclic) bond motifs is 1. The Morgan fingerprint density at radius 1 is 1.03 bits per heavy atom. The minimum Gasteiger partial charge on any atom is -0.493 e. The van der Waals surface area contributed by atoms with Crippen LogP contribution in [0.4, 0.5) is 0 Å². The van der Waals surface area contributed by atoms with Gasteiger partial charge in [-0.3, -0.25) is 9.59 Å². The Morgan fingerprint density at radius 2 is 1.76 bits per heavy atom. The van der Waals surface area contributed by atoms with Crippen molar-refractivity contribution in [1.82, 2.24) is 25.6 Å². The predicted molar refractivity (Wildman–Crippen MR) is 141 cm³/mol. The van der Waals surface area contributed by atoms with E-state index >= 15 is 0 Å². The number of benzene rings is 1. The van der Waals surface area contributed by atoms with Crippen molar-refractivity contribution < 1.29 is 19.1 Å². The Kier molecular flexibility index (Phi) is 7.41. The Morgan fingerprint density at radius 3 is 2.46 bits per heavy atom. The number of carbonyl (C=O) groups excluding carboxylic acids is 2. The highest BCUT2D eigenvalue weighted by Gasteiger charge is 2.27. The summed E-state index contributed by atoms with van der Waals surface area (Å²) < 4.78 is 11.1. The summed E-state index contributed by atoms with van der Waals surface area (Å²) in [7, 11) is 1.51. The van der Waals surface area contributed by atoms with Crippen LogP contribution in [0.3, 0.4) is 0 Å². The number of hydrogen-bond acceptors (Lipinski definition) is 6. The fourth-order valence-electron chi connectivity index (χ4n) is 5.09. The second-order valence-corrected chi connectivity index (χ2v) is 10.3. The molecule has 2 aliphatic carbocycles. The summed E-state index contributed by atoms with van der Waals surface area (Å²) in [5.41, 5.74) is 5.37. The van der Waals surface area contributed by atoms with Crippen molar-refractivity contribution in [3.63, 3.8) is 0 Å². The van der Waals surface area contributed by atoms with E-state index in [1.165, 1.54) is 26.3 Å². The number of carbonyl (C=O) groups is 2. The fourth-order valence-corrected chi connectivity index (χ4v) is 5.09. The van der Waals surface area contributed by atoms with Crippen LogP contribution in [0, 0.1) is 19.8 Å². The van der Waals surface area contributed by atoms with Crippen molar-refractivity contribution in [1.29, 1.82) is 0 Å². The zero-order chi connectivity index (χ0) is 25.9. The first kappa shape index (κ1) is 25.2. The molecule has 9 nitrogen and oxygen atoms in total. The Labute approximate surface area is 216 Å². The van der Waals surface area contributed by atoms with Gasteiger partial charge in [0.1, 0.15) is 29.9 Å². The molecule has 37 heavy (non-hydrogen) atoms. The molecule has 0 aliphatic heterocycles.